The number of hydrogen-bond donors (Lipinski definition) is 1. The maximum absolute atomic E-state index is 15.1. The van der Waals surface area contributed by atoms with Crippen molar-refractivity contribution in [3.63, 3.8) is 0 Å². The average molecular weight is 710 g/mol. The average Bonchev–Trinajstić information content (AvgIpc) is 3.58. The molecule has 11 atom stereocenters. The first-order chi connectivity index (χ1) is 25.2. The predicted octanol–water partition coefficient (Wildman–Crippen LogP) is 7.77. The molecule has 7 nitrogen and oxygen atoms in total. The van der Waals surface area contributed by atoms with Gasteiger partial charge in [-0.25, -0.2) is 4.79 Å². The Morgan fingerprint density at radius 1 is 1.04 bits per heavy atom. The van der Waals surface area contributed by atoms with Crippen LogP contribution in [0.3, 0.4) is 0 Å². The Bertz CT molecular complexity index is 1650. The van der Waals surface area contributed by atoms with E-state index in [0.717, 1.165) is 92.1 Å². The number of nitrogens with two attached hydrogens (primary N) is 1. The van der Waals surface area contributed by atoms with E-state index in [0.29, 0.717) is 36.4 Å². The van der Waals surface area contributed by atoms with Crippen LogP contribution in [0.4, 0.5) is 0 Å². The fourth-order valence-corrected chi connectivity index (χ4v) is 13.7. The smallest absolute Gasteiger partial charge is 0.339 e. The predicted molar refractivity (Wildman–Crippen MR) is 203 cm³/mol. The zero-order valence-electron chi connectivity index (χ0n) is 32.3. The largest absolute Gasteiger partial charge is 0.449 e. The van der Waals surface area contributed by atoms with Crippen molar-refractivity contribution >= 4 is 11.9 Å². The fourth-order valence-electron chi connectivity index (χ4n) is 13.7. The summed E-state index contributed by atoms with van der Waals surface area (Å²) in [6.07, 6.45) is 18.1. The highest BCUT2D eigenvalue weighted by Crippen LogP contribution is 2.84. The molecule has 8 bridgehead atoms. The first-order valence-corrected chi connectivity index (χ1v) is 21.4. The van der Waals surface area contributed by atoms with E-state index < -0.39 is 16.4 Å². The molecule has 8 heterocycles. The summed E-state index contributed by atoms with van der Waals surface area (Å²) in [7, 11) is 0. The minimum Gasteiger partial charge on any atom is -0.449 e. The van der Waals surface area contributed by atoms with Crippen molar-refractivity contribution in [1.82, 2.24) is 9.80 Å². The second-order valence-corrected chi connectivity index (χ2v) is 18.8. The molecule has 8 aliphatic heterocycles. The highest BCUT2D eigenvalue weighted by atomic mass is 16.6. The van der Waals surface area contributed by atoms with Crippen LogP contribution in [0.2, 0.25) is 0 Å². The molecule has 2 N–H and O–H groups in total. The molecule has 11 unspecified atom stereocenters. The summed E-state index contributed by atoms with van der Waals surface area (Å²) in [5, 5.41) is 0. The van der Waals surface area contributed by atoms with Gasteiger partial charge in [0.15, 0.2) is 5.60 Å². The van der Waals surface area contributed by atoms with E-state index in [1.807, 2.05) is 0 Å². The molecule has 1 aromatic rings. The van der Waals surface area contributed by atoms with Crippen LogP contribution in [0, 0.1) is 46.3 Å². The van der Waals surface area contributed by atoms with E-state index in [2.05, 4.69) is 67.8 Å². The van der Waals surface area contributed by atoms with Gasteiger partial charge in [-0.05, 0) is 118 Å². The van der Waals surface area contributed by atoms with E-state index in [1.165, 1.54) is 57.4 Å². The van der Waals surface area contributed by atoms with Crippen LogP contribution < -0.4 is 5.73 Å². The van der Waals surface area contributed by atoms with Gasteiger partial charge in [0.25, 0.3) is 0 Å². The molecule has 11 aliphatic rings. The standard InChI is InChI=1S/C45H63N3O4/c1-5-9-34-14-16-39-44-18-17-33(35-20-29(4)13-15-37(35)48-26-30-22-31(27-48)25-47(34)24-30)23-43(44,42(50)51-39)38(21-28(3)6-2)45(44)36-12-7-10-32(11-8-19-46)40(36)41(49)52-45/h7,10,12,16,23,28-31,34-35,37-38H,5-6,8-9,11,13-15,17-22,24-27,46H2,1-4H3. The number of ether oxygens (including phenoxy) is 2. The van der Waals surface area contributed by atoms with Gasteiger partial charge in [0.05, 0.1) is 11.0 Å². The maximum Gasteiger partial charge on any atom is 0.339 e. The highest BCUT2D eigenvalue weighted by molar-refractivity contribution is 5.99. The molecule has 2 spiro atoms. The zero-order chi connectivity index (χ0) is 36.0. The van der Waals surface area contributed by atoms with Crippen LogP contribution in [0.1, 0.15) is 126 Å². The fraction of sp³-hybridized carbons (Fsp3) is 0.733. The molecule has 282 valence electrons. The summed E-state index contributed by atoms with van der Waals surface area (Å²) in [6.45, 7) is 14.7. The van der Waals surface area contributed by atoms with Gasteiger partial charge < -0.3 is 15.2 Å². The second kappa shape index (κ2) is 13.1. The summed E-state index contributed by atoms with van der Waals surface area (Å²) < 4.78 is 13.8. The third-order valence-electron chi connectivity index (χ3n) is 15.9. The molecular weight excluding hydrogens is 647 g/mol. The number of rotatable bonds is 8. The quantitative estimate of drug-likeness (QED) is 0.218. The van der Waals surface area contributed by atoms with Gasteiger partial charge >= 0.3 is 11.9 Å². The molecule has 52 heavy (non-hydrogen) atoms. The Kier molecular flexibility index (Phi) is 8.86. The monoisotopic (exact) mass is 709 g/mol. The molecule has 3 aliphatic carbocycles. The number of carbonyl (C=O) groups excluding carboxylic acids is 2. The number of benzene rings is 1. The van der Waals surface area contributed by atoms with Gasteiger partial charge in [-0.1, -0.05) is 70.4 Å². The third kappa shape index (κ3) is 4.79. The van der Waals surface area contributed by atoms with Gasteiger partial charge in [-0.2, -0.15) is 0 Å². The number of esters is 2. The van der Waals surface area contributed by atoms with Crippen LogP contribution in [0.5, 0.6) is 0 Å². The summed E-state index contributed by atoms with van der Waals surface area (Å²) >= 11 is 0. The number of carbonyl (C=O) groups is 2. The lowest BCUT2D eigenvalue weighted by Gasteiger charge is -2.69. The van der Waals surface area contributed by atoms with Crippen molar-refractivity contribution in [2.45, 2.75) is 129 Å². The van der Waals surface area contributed by atoms with Crippen molar-refractivity contribution in [3.8, 4) is 0 Å². The molecule has 2 saturated carbocycles. The number of hydrogen-bond acceptors (Lipinski definition) is 7. The van der Waals surface area contributed by atoms with E-state index in [4.69, 9.17) is 15.2 Å². The minimum absolute atomic E-state index is 0.0970. The highest BCUT2D eigenvalue weighted by Gasteiger charge is 2.91. The van der Waals surface area contributed by atoms with Crippen LogP contribution >= 0.6 is 0 Å². The minimum atomic E-state index is -0.934. The molecule has 0 amide bonds. The van der Waals surface area contributed by atoms with E-state index in [-0.39, 0.29) is 17.9 Å². The SMILES string of the molecule is CCCC1CC=C2OC(=O)C34C=C(CCC23C2(OC(=O)c3c(CCCN)cccc32)C4CC(C)CC)C2CC(C)CCC2N2CC3CC(CN1C3)C2. The van der Waals surface area contributed by atoms with Crippen molar-refractivity contribution in [1.29, 1.82) is 0 Å². The van der Waals surface area contributed by atoms with Crippen molar-refractivity contribution in [2.24, 2.45) is 52.1 Å². The van der Waals surface area contributed by atoms with Gasteiger partial charge in [0, 0.05) is 49.7 Å². The Morgan fingerprint density at radius 3 is 2.58 bits per heavy atom. The number of fused-ring (bicyclic) bond motifs is 2. The van der Waals surface area contributed by atoms with E-state index in [9.17, 15) is 4.79 Å². The second-order valence-electron chi connectivity index (χ2n) is 18.8. The summed E-state index contributed by atoms with van der Waals surface area (Å²) in [5.41, 5.74) is 7.70. The molecule has 1 aromatic carbocycles. The molecule has 12 rings (SSSR count). The van der Waals surface area contributed by atoms with Crippen LogP contribution in [-0.4, -0.2) is 66.5 Å². The van der Waals surface area contributed by atoms with Gasteiger partial charge in [-0.3, -0.25) is 14.6 Å². The lowest BCUT2D eigenvalue weighted by molar-refractivity contribution is -0.274. The molecular formula is C45H63N3O4. The lowest BCUT2D eigenvalue weighted by Crippen LogP contribution is -2.75. The molecule has 3 saturated heterocycles. The van der Waals surface area contributed by atoms with Gasteiger partial charge in [-0.15, -0.1) is 0 Å². The van der Waals surface area contributed by atoms with E-state index in [1.54, 1.807) is 0 Å². The molecule has 0 aromatic heterocycles. The van der Waals surface area contributed by atoms with Gasteiger partial charge in [0.2, 0.25) is 0 Å². The maximum atomic E-state index is 15.1. The lowest BCUT2D eigenvalue weighted by atomic mass is 9.31. The normalized spacial score (nSPS) is 43.4. The first kappa shape index (κ1) is 35.2. The number of aryl methyl sites for hydroxylation is 1. The van der Waals surface area contributed by atoms with Crippen LogP contribution in [0.25, 0.3) is 0 Å². The van der Waals surface area contributed by atoms with Crippen molar-refractivity contribution in [2.75, 3.05) is 32.7 Å². The first-order valence-electron chi connectivity index (χ1n) is 21.4. The summed E-state index contributed by atoms with van der Waals surface area (Å²) in [6, 6.07) is 7.30. The molecule has 0 radical (unpaired) electrons. The Hall–Kier alpha value is -2.48. The summed E-state index contributed by atoms with van der Waals surface area (Å²) in [5.74, 6) is 3.23. The Morgan fingerprint density at radius 2 is 1.83 bits per heavy atom. The number of piperidine rings is 2. The number of nitrogens with zero attached hydrogens (tertiary/aromatic N) is 2. The zero-order valence-corrected chi connectivity index (χ0v) is 32.3. The summed E-state index contributed by atoms with van der Waals surface area (Å²) in [4.78, 5) is 35.3. The molecule has 5 fully saturated rings. The third-order valence-corrected chi connectivity index (χ3v) is 15.9. The van der Waals surface area contributed by atoms with Crippen LogP contribution in [-0.2, 0) is 26.3 Å². The topological polar surface area (TPSA) is 85.1 Å². The Labute approximate surface area is 312 Å². The van der Waals surface area contributed by atoms with Crippen molar-refractivity contribution in [3.05, 3.63) is 58.4 Å². The Balaban J connectivity index is 1.27. The molecule has 7 heteroatoms. The van der Waals surface area contributed by atoms with E-state index >= 15 is 4.79 Å². The van der Waals surface area contributed by atoms with Gasteiger partial charge in [0.1, 0.15) is 11.2 Å². The van der Waals surface area contributed by atoms with Crippen LogP contribution in [0.15, 0.2) is 41.7 Å². The van der Waals surface area contributed by atoms with Crippen molar-refractivity contribution < 1.29 is 19.1 Å².